The fourth-order valence-corrected chi connectivity index (χ4v) is 3.61. The number of hydrogen-bond acceptors (Lipinski definition) is 7. The second-order valence-electron chi connectivity index (χ2n) is 6.86. The van der Waals surface area contributed by atoms with E-state index in [4.69, 9.17) is 21.4 Å². The summed E-state index contributed by atoms with van der Waals surface area (Å²) >= 11 is 5.21. The Kier molecular flexibility index (Phi) is 6.01. The van der Waals surface area contributed by atoms with Gasteiger partial charge in [0.15, 0.2) is 5.11 Å². The largest absolute Gasteiger partial charge is 0.494 e. The van der Waals surface area contributed by atoms with Crippen LogP contribution in [0, 0.1) is 10.1 Å². The summed E-state index contributed by atoms with van der Waals surface area (Å²) in [6.07, 6.45) is 1.27. The fraction of sp³-hybridized carbons (Fsp3) is 0.0870. The number of ether oxygens (including phenoxy) is 1. The molecule has 1 aromatic heterocycles. The Balaban J connectivity index is 1.68. The van der Waals surface area contributed by atoms with Crippen LogP contribution in [0.15, 0.2) is 70.7 Å². The topological polar surface area (TPSA) is 115 Å². The van der Waals surface area contributed by atoms with Crippen molar-refractivity contribution in [2.24, 2.45) is 0 Å². The van der Waals surface area contributed by atoms with Gasteiger partial charge in [-0.2, -0.15) is 0 Å². The van der Waals surface area contributed by atoms with Crippen LogP contribution in [0.4, 0.5) is 11.4 Å². The Bertz CT molecular complexity index is 1310. The van der Waals surface area contributed by atoms with Gasteiger partial charge in [0.05, 0.1) is 22.8 Å². The smallest absolute Gasteiger partial charge is 0.280 e. The summed E-state index contributed by atoms with van der Waals surface area (Å²) in [4.78, 5) is 37.7. The maximum Gasteiger partial charge on any atom is 0.280 e. The molecule has 1 N–H and O–H groups in total. The first kappa shape index (κ1) is 21.9. The summed E-state index contributed by atoms with van der Waals surface area (Å²) in [6.45, 7) is 2.29. The molecule has 0 aliphatic carbocycles. The molecule has 4 rings (SSSR count). The molecule has 9 nitrogen and oxygen atoms in total. The third-order valence-corrected chi connectivity index (χ3v) is 5.05. The van der Waals surface area contributed by atoms with Crippen LogP contribution in [0.25, 0.3) is 17.4 Å². The van der Waals surface area contributed by atoms with Gasteiger partial charge in [-0.25, -0.2) is 0 Å². The molecule has 2 amide bonds. The van der Waals surface area contributed by atoms with Gasteiger partial charge in [0.2, 0.25) is 0 Å². The highest BCUT2D eigenvalue weighted by Gasteiger charge is 2.35. The van der Waals surface area contributed by atoms with Gasteiger partial charge >= 0.3 is 0 Å². The zero-order valence-corrected chi connectivity index (χ0v) is 18.1. The lowest BCUT2D eigenvalue weighted by Crippen LogP contribution is -2.54. The SMILES string of the molecule is CCOc1cccc(N2C(=O)/C(=C\c3ccc(-c4ccccc4[N+](=O)[O-])o3)C(=O)NC2=S)c1. The van der Waals surface area contributed by atoms with E-state index in [2.05, 4.69) is 5.32 Å². The number of nitrogens with zero attached hydrogens (tertiary/aromatic N) is 2. The maximum absolute atomic E-state index is 13.2. The van der Waals surface area contributed by atoms with Crippen molar-refractivity contribution in [2.45, 2.75) is 6.92 Å². The quantitative estimate of drug-likeness (QED) is 0.193. The predicted molar refractivity (Wildman–Crippen MR) is 125 cm³/mol. The van der Waals surface area contributed by atoms with Crippen LogP contribution in [0.5, 0.6) is 5.75 Å². The molecule has 1 aliphatic rings. The van der Waals surface area contributed by atoms with Crippen molar-refractivity contribution in [1.29, 1.82) is 0 Å². The molecule has 2 aromatic carbocycles. The monoisotopic (exact) mass is 463 g/mol. The zero-order valence-electron chi connectivity index (χ0n) is 17.3. The molecule has 1 saturated heterocycles. The first-order valence-corrected chi connectivity index (χ1v) is 10.3. The van der Waals surface area contributed by atoms with Crippen molar-refractivity contribution in [1.82, 2.24) is 5.32 Å². The van der Waals surface area contributed by atoms with Gasteiger partial charge in [-0.3, -0.25) is 29.9 Å². The normalized spacial score (nSPS) is 15.0. The molecule has 166 valence electrons. The summed E-state index contributed by atoms with van der Waals surface area (Å²) < 4.78 is 11.2. The highest BCUT2D eigenvalue weighted by atomic mass is 32.1. The lowest BCUT2D eigenvalue weighted by molar-refractivity contribution is -0.384. The fourth-order valence-electron chi connectivity index (χ4n) is 3.33. The van der Waals surface area contributed by atoms with Gasteiger partial charge < -0.3 is 9.15 Å². The van der Waals surface area contributed by atoms with Gasteiger partial charge in [0.25, 0.3) is 17.5 Å². The Morgan fingerprint density at radius 3 is 2.70 bits per heavy atom. The molecule has 1 aliphatic heterocycles. The van der Waals surface area contributed by atoms with E-state index in [0.29, 0.717) is 18.0 Å². The van der Waals surface area contributed by atoms with Crippen LogP contribution in [-0.4, -0.2) is 28.5 Å². The van der Waals surface area contributed by atoms with Crippen molar-refractivity contribution >= 4 is 46.6 Å². The van der Waals surface area contributed by atoms with Crippen LogP contribution in [0.3, 0.4) is 0 Å². The number of benzene rings is 2. The van der Waals surface area contributed by atoms with Crippen molar-refractivity contribution in [3.8, 4) is 17.1 Å². The first-order valence-electron chi connectivity index (χ1n) is 9.87. The summed E-state index contributed by atoms with van der Waals surface area (Å²) in [5.41, 5.74) is 0.390. The highest BCUT2D eigenvalue weighted by Crippen LogP contribution is 2.32. The van der Waals surface area contributed by atoms with E-state index in [1.807, 2.05) is 6.92 Å². The van der Waals surface area contributed by atoms with Gasteiger partial charge in [0.1, 0.15) is 22.8 Å². The molecule has 3 aromatic rings. The number of furan rings is 1. The minimum atomic E-state index is -0.675. The average Bonchev–Trinajstić information content (AvgIpc) is 3.25. The Morgan fingerprint density at radius 2 is 1.94 bits per heavy atom. The highest BCUT2D eigenvalue weighted by molar-refractivity contribution is 7.80. The van der Waals surface area contributed by atoms with Crippen molar-refractivity contribution < 1.29 is 23.7 Å². The van der Waals surface area contributed by atoms with E-state index in [0.717, 1.165) is 0 Å². The van der Waals surface area contributed by atoms with Crippen LogP contribution in [-0.2, 0) is 9.59 Å². The molecule has 33 heavy (non-hydrogen) atoms. The number of nitrogens with one attached hydrogen (secondary N) is 1. The molecule has 2 heterocycles. The second-order valence-corrected chi connectivity index (χ2v) is 7.25. The lowest BCUT2D eigenvalue weighted by Gasteiger charge is -2.29. The number of hydrogen-bond donors (Lipinski definition) is 1. The van der Waals surface area contributed by atoms with E-state index in [1.54, 1.807) is 42.5 Å². The van der Waals surface area contributed by atoms with Gasteiger partial charge in [0, 0.05) is 12.1 Å². The standard InChI is InChI=1S/C23H17N3O6S/c1-2-31-15-7-5-6-14(12-15)25-22(28)18(21(27)24-23(25)33)13-16-10-11-20(32-16)17-8-3-4-9-19(17)26(29)30/h3-13H,2H2,1H3,(H,24,27,33)/b18-13-. The van der Waals surface area contributed by atoms with Gasteiger partial charge in [-0.05, 0) is 55.5 Å². The third kappa shape index (κ3) is 4.37. The minimum Gasteiger partial charge on any atom is -0.494 e. The molecule has 0 atom stereocenters. The van der Waals surface area contributed by atoms with Crippen molar-refractivity contribution in [3.63, 3.8) is 0 Å². The summed E-state index contributed by atoms with van der Waals surface area (Å²) in [5, 5.41) is 13.7. The van der Waals surface area contributed by atoms with E-state index >= 15 is 0 Å². The summed E-state index contributed by atoms with van der Waals surface area (Å²) in [5.74, 6) is -0.354. The Labute approximate surface area is 193 Å². The number of carbonyl (C=O) groups is 2. The molecule has 1 fully saturated rings. The molecular weight excluding hydrogens is 446 g/mol. The van der Waals surface area contributed by atoms with E-state index in [-0.39, 0.29) is 33.5 Å². The molecule has 0 unspecified atom stereocenters. The molecular formula is C23H17N3O6S. The van der Waals surface area contributed by atoms with E-state index < -0.39 is 16.7 Å². The molecule has 10 heteroatoms. The van der Waals surface area contributed by atoms with Crippen LogP contribution < -0.4 is 15.0 Å². The molecule has 0 spiro atoms. The average molecular weight is 463 g/mol. The summed E-state index contributed by atoms with van der Waals surface area (Å²) in [6, 6.07) is 15.9. The van der Waals surface area contributed by atoms with Crippen molar-refractivity contribution in [2.75, 3.05) is 11.5 Å². The number of para-hydroxylation sites is 1. The number of nitro groups is 1. The molecule has 0 saturated carbocycles. The zero-order chi connectivity index (χ0) is 23.5. The lowest BCUT2D eigenvalue weighted by atomic mass is 10.1. The van der Waals surface area contributed by atoms with Gasteiger partial charge in [-0.1, -0.05) is 18.2 Å². The van der Waals surface area contributed by atoms with Crippen LogP contribution in [0.1, 0.15) is 12.7 Å². The second kappa shape index (κ2) is 9.05. The number of rotatable bonds is 6. The number of thiocarbonyl (C=S) groups is 1. The predicted octanol–water partition coefficient (Wildman–Crippen LogP) is 4.08. The minimum absolute atomic E-state index is 0.0594. The number of nitro benzene ring substituents is 1. The summed E-state index contributed by atoms with van der Waals surface area (Å²) in [7, 11) is 0. The van der Waals surface area contributed by atoms with Crippen LogP contribution >= 0.6 is 12.2 Å². The Morgan fingerprint density at radius 1 is 1.15 bits per heavy atom. The van der Waals surface area contributed by atoms with Crippen LogP contribution in [0.2, 0.25) is 0 Å². The third-order valence-electron chi connectivity index (χ3n) is 4.77. The Hall–Kier alpha value is -4.31. The first-order chi connectivity index (χ1) is 15.9. The van der Waals surface area contributed by atoms with E-state index in [9.17, 15) is 19.7 Å². The number of carbonyl (C=O) groups excluding carboxylic acids is 2. The maximum atomic E-state index is 13.2. The van der Waals surface area contributed by atoms with Crippen molar-refractivity contribution in [3.05, 3.63) is 82.1 Å². The number of anilines is 1. The molecule has 0 radical (unpaired) electrons. The van der Waals surface area contributed by atoms with E-state index in [1.165, 1.54) is 29.2 Å². The molecule has 0 bridgehead atoms. The number of amides is 2. The van der Waals surface area contributed by atoms with Gasteiger partial charge in [-0.15, -0.1) is 0 Å².